The molecule has 0 saturated heterocycles. The van der Waals surface area contributed by atoms with Crippen molar-refractivity contribution in [3.8, 4) is 17.1 Å². The molecule has 0 atom stereocenters. The molecule has 0 fully saturated rings. The van der Waals surface area contributed by atoms with Gasteiger partial charge in [-0.1, -0.05) is 26.0 Å². The quantitative estimate of drug-likeness (QED) is 0.886. The number of hydrogen-bond donors (Lipinski definition) is 2. The third-order valence-electron chi connectivity index (χ3n) is 2.87. The predicted molar refractivity (Wildman–Crippen MR) is 71.6 cm³/mol. The van der Waals surface area contributed by atoms with Crippen LogP contribution in [0.4, 0.5) is 0 Å². The Labute approximate surface area is 111 Å². The van der Waals surface area contributed by atoms with Crippen LogP contribution in [0.2, 0.25) is 0 Å². The maximum atomic E-state index is 11.2. The van der Waals surface area contributed by atoms with Crippen LogP contribution in [0.5, 0.6) is 5.75 Å². The zero-order chi connectivity index (χ0) is 14.0. The summed E-state index contributed by atoms with van der Waals surface area (Å²) in [5.74, 6) is 0.199. The van der Waals surface area contributed by atoms with E-state index in [1.54, 1.807) is 7.11 Å². The lowest BCUT2D eigenvalue weighted by molar-refractivity contribution is 0.0689. The number of nitrogens with zero attached hydrogens (tertiary/aromatic N) is 1. The molecule has 100 valence electrons. The van der Waals surface area contributed by atoms with E-state index in [9.17, 15) is 9.90 Å². The van der Waals surface area contributed by atoms with E-state index in [1.165, 1.54) is 0 Å². The minimum atomic E-state index is -1.03. The maximum absolute atomic E-state index is 11.2. The number of H-pyrrole nitrogens is 1. The molecule has 0 aliphatic heterocycles. The Balaban J connectivity index is 2.57. The Morgan fingerprint density at radius 3 is 2.58 bits per heavy atom. The van der Waals surface area contributed by atoms with Crippen molar-refractivity contribution in [3.63, 3.8) is 0 Å². The number of carboxylic acid groups (broad SMARTS) is 1. The number of methoxy groups -OCH3 is 1. The fourth-order valence-electron chi connectivity index (χ4n) is 1.94. The van der Waals surface area contributed by atoms with Crippen molar-refractivity contribution in [1.82, 2.24) is 9.97 Å². The van der Waals surface area contributed by atoms with E-state index in [4.69, 9.17) is 4.74 Å². The zero-order valence-electron chi connectivity index (χ0n) is 11.1. The standard InChI is InChI=1S/C14H16N2O3/c1-8(2)11-12(14(17)18)16-13(15-11)9-6-4-5-7-10(9)19-3/h4-8H,1-3H3,(H,15,16)(H,17,18). The summed E-state index contributed by atoms with van der Waals surface area (Å²) in [6, 6.07) is 7.36. The van der Waals surface area contributed by atoms with Gasteiger partial charge in [0.15, 0.2) is 5.69 Å². The topological polar surface area (TPSA) is 75.2 Å². The van der Waals surface area contributed by atoms with Crippen molar-refractivity contribution in [2.24, 2.45) is 0 Å². The lowest BCUT2D eigenvalue weighted by Crippen LogP contribution is -2.02. The van der Waals surface area contributed by atoms with E-state index in [-0.39, 0.29) is 11.6 Å². The van der Waals surface area contributed by atoms with Gasteiger partial charge in [0, 0.05) is 0 Å². The van der Waals surface area contributed by atoms with Crippen LogP contribution in [0, 0.1) is 0 Å². The number of imidazole rings is 1. The molecule has 0 bridgehead atoms. The van der Waals surface area contributed by atoms with Crippen LogP contribution in [0.15, 0.2) is 24.3 Å². The number of aromatic amines is 1. The van der Waals surface area contributed by atoms with Gasteiger partial charge >= 0.3 is 5.97 Å². The highest BCUT2D eigenvalue weighted by Crippen LogP contribution is 2.29. The van der Waals surface area contributed by atoms with Crippen molar-refractivity contribution in [2.75, 3.05) is 7.11 Å². The Morgan fingerprint density at radius 1 is 1.37 bits per heavy atom. The molecule has 2 rings (SSSR count). The predicted octanol–water partition coefficient (Wildman–Crippen LogP) is 2.91. The summed E-state index contributed by atoms with van der Waals surface area (Å²) < 4.78 is 5.26. The first-order chi connectivity index (χ1) is 9.04. The van der Waals surface area contributed by atoms with E-state index in [2.05, 4.69) is 9.97 Å². The number of benzene rings is 1. The smallest absolute Gasteiger partial charge is 0.356 e. The molecule has 1 heterocycles. The van der Waals surface area contributed by atoms with Crippen LogP contribution in [0.25, 0.3) is 11.4 Å². The molecular weight excluding hydrogens is 244 g/mol. The first-order valence-corrected chi connectivity index (χ1v) is 6.01. The molecule has 5 heteroatoms. The third kappa shape index (κ3) is 2.45. The molecule has 0 aliphatic rings. The molecule has 1 aromatic carbocycles. The minimum absolute atomic E-state index is 0.0575. The number of para-hydroxylation sites is 1. The summed E-state index contributed by atoms with van der Waals surface area (Å²) in [6.45, 7) is 3.85. The van der Waals surface area contributed by atoms with Gasteiger partial charge in [-0.25, -0.2) is 9.78 Å². The molecule has 0 aliphatic carbocycles. The van der Waals surface area contributed by atoms with Gasteiger partial charge < -0.3 is 14.8 Å². The highest BCUT2D eigenvalue weighted by Gasteiger charge is 2.20. The van der Waals surface area contributed by atoms with Crippen LogP contribution in [-0.4, -0.2) is 28.2 Å². The summed E-state index contributed by atoms with van der Waals surface area (Å²) in [4.78, 5) is 18.5. The van der Waals surface area contributed by atoms with Crippen LogP contribution < -0.4 is 4.74 Å². The summed E-state index contributed by atoms with van der Waals surface area (Å²) in [5.41, 5.74) is 1.43. The van der Waals surface area contributed by atoms with E-state index >= 15 is 0 Å². The summed E-state index contributed by atoms with van der Waals surface area (Å²) in [7, 11) is 1.57. The molecule has 0 spiro atoms. The number of hydrogen-bond acceptors (Lipinski definition) is 3. The molecule has 2 aromatic rings. The Hall–Kier alpha value is -2.30. The van der Waals surface area contributed by atoms with E-state index in [0.29, 0.717) is 17.3 Å². The maximum Gasteiger partial charge on any atom is 0.356 e. The van der Waals surface area contributed by atoms with Crippen molar-refractivity contribution in [1.29, 1.82) is 0 Å². The van der Waals surface area contributed by atoms with Crippen LogP contribution >= 0.6 is 0 Å². The average Bonchev–Trinajstić information content (AvgIpc) is 2.84. The molecule has 0 unspecified atom stereocenters. The molecule has 19 heavy (non-hydrogen) atoms. The van der Waals surface area contributed by atoms with Gasteiger partial charge in [0.1, 0.15) is 11.6 Å². The van der Waals surface area contributed by atoms with Crippen molar-refractivity contribution < 1.29 is 14.6 Å². The summed E-state index contributed by atoms with van der Waals surface area (Å²) >= 11 is 0. The number of ether oxygens (including phenoxy) is 1. The van der Waals surface area contributed by atoms with E-state index in [1.807, 2.05) is 38.1 Å². The van der Waals surface area contributed by atoms with Gasteiger partial charge in [-0.2, -0.15) is 0 Å². The van der Waals surface area contributed by atoms with Gasteiger partial charge in [-0.3, -0.25) is 0 Å². The third-order valence-corrected chi connectivity index (χ3v) is 2.87. The highest BCUT2D eigenvalue weighted by atomic mass is 16.5. The van der Waals surface area contributed by atoms with Crippen molar-refractivity contribution in [2.45, 2.75) is 19.8 Å². The largest absolute Gasteiger partial charge is 0.496 e. The number of rotatable bonds is 4. The number of aromatic nitrogens is 2. The second-order valence-electron chi connectivity index (χ2n) is 4.51. The second kappa shape index (κ2) is 5.14. The fraction of sp³-hybridized carbons (Fsp3) is 0.286. The normalized spacial score (nSPS) is 10.7. The Bertz CT molecular complexity index is 602. The SMILES string of the molecule is COc1ccccc1-c1nc(C(=O)O)c(C(C)C)[nH]1. The average molecular weight is 260 g/mol. The fourth-order valence-corrected chi connectivity index (χ4v) is 1.94. The van der Waals surface area contributed by atoms with Crippen LogP contribution in [-0.2, 0) is 0 Å². The monoisotopic (exact) mass is 260 g/mol. The van der Waals surface area contributed by atoms with Crippen molar-refractivity contribution >= 4 is 5.97 Å². The lowest BCUT2D eigenvalue weighted by atomic mass is 10.1. The summed E-state index contributed by atoms with van der Waals surface area (Å²) in [6.07, 6.45) is 0. The van der Waals surface area contributed by atoms with Crippen LogP contribution in [0.3, 0.4) is 0 Å². The van der Waals surface area contributed by atoms with Gasteiger partial charge in [0.05, 0.1) is 18.4 Å². The molecule has 2 N–H and O–H groups in total. The van der Waals surface area contributed by atoms with Gasteiger partial charge in [0.2, 0.25) is 0 Å². The highest BCUT2D eigenvalue weighted by molar-refractivity contribution is 5.88. The van der Waals surface area contributed by atoms with E-state index < -0.39 is 5.97 Å². The molecular formula is C14H16N2O3. The van der Waals surface area contributed by atoms with Gasteiger partial charge in [-0.15, -0.1) is 0 Å². The lowest BCUT2D eigenvalue weighted by Gasteiger charge is -2.05. The van der Waals surface area contributed by atoms with Gasteiger partial charge in [-0.05, 0) is 18.1 Å². The Kier molecular flexibility index (Phi) is 3.55. The number of nitrogens with one attached hydrogen (secondary N) is 1. The molecule has 0 saturated carbocycles. The second-order valence-corrected chi connectivity index (χ2v) is 4.51. The minimum Gasteiger partial charge on any atom is -0.496 e. The van der Waals surface area contributed by atoms with E-state index in [0.717, 1.165) is 5.56 Å². The van der Waals surface area contributed by atoms with Crippen molar-refractivity contribution in [3.05, 3.63) is 35.7 Å². The number of carbonyl (C=O) groups is 1. The molecule has 0 radical (unpaired) electrons. The summed E-state index contributed by atoms with van der Waals surface area (Å²) in [5, 5.41) is 9.19. The molecule has 1 aromatic heterocycles. The van der Waals surface area contributed by atoms with Gasteiger partial charge in [0.25, 0.3) is 0 Å². The Morgan fingerprint density at radius 2 is 2.05 bits per heavy atom. The molecule has 0 amide bonds. The first kappa shape index (κ1) is 13.1. The first-order valence-electron chi connectivity index (χ1n) is 6.01. The number of aromatic carboxylic acids is 1. The zero-order valence-corrected chi connectivity index (χ0v) is 11.1. The number of carboxylic acids is 1. The van der Waals surface area contributed by atoms with Crippen LogP contribution in [0.1, 0.15) is 35.9 Å². The molecule has 5 nitrogen and oxygen atoms in total.